The van der Waals surface area contributed by atoms with Gasteiger partial charge in [-0.15, -0.1) is 0 Å². The van der Waals surface area contributed by atoms with Crippen LogP contribution in [0.2, 0.25) is 5.15 Å². The average Bonchev–Trinajstić information content (AvgIpc) is 2.71. The van der Waals surface area contributed by atoms with E-state index >= 15 is 0 Å². The third-order valence-corrected chi connectivity index (χ3v) is 4.40. The number of ether oxygens (including phenoxy) is 1. The molecule has 1 saturated carbocycles. The molecule has 0 radical (unpaired) electrons. The van der Waals surface area contributed by atoms with Crippen LogP contribution in [0, 0.1) is 17.3 Å². The summed E-state index contributed by atoms with van der Waals surface area (Å²) in [6, 6.07) is 0. The zero-order valence-electron chi connectivity index (χ0n) is 12.6. The number of carbonyl (C=O) groups is 1. The number of aromatic nitrogens is 2. The largest absolute Gasteiger partial charge is 0.457 e. The lowest BCUT2D eigenvalue weighted by molar-refractivity contribution is -0.147. The molecule has 20 heavy (non-hydrogen) atoms. The van der Waals surface area contributed by atoms with Gasteiger partial charge >= 0.3 is 5.97 Å². The van der Waals surface area contributed by atoms with Crippen LogP contribution in [0.4, 0.5) is 0 Å². The van der Waals surface area contributed by atoms with E-state index in [0.717, 1.165) is 0 Å². The molecule has 0 N–H and O–H groups in total. The molecule has 2 rings (SSSR count). The molecule has 110 valence electrons. The predicted octanol–water partition coefficient (Wildman–Crippen LogP) is 3.36. The van der Waals surface area contributed by atoms with Crippen LogP contribution < -0.4 is 0 Å². The fourth-order valence-corrected chi connectivity index (χ4v) is 2.73. The maximum atomic E-state index is 12.2. The molecule has 1 fully saturated rings. The molecule has 1 aromatic rings. The molecule has 1 aliphatic rings. The van der Waals surface area contributed by atoms with Crippen molar-refractivity contribution in [3.8, 4) is 0 Å². The van der Waals surface area contributed by atoms with Gasteiger partial charge in [-0.2, -0.15) is 0 Å². The molecule has 0 bridgehead atoms. The second kappa shape index (κ2) is 5.24. The number of imidazole rings is 1. The summed E-state index contributed by atoms with van der Waals surface area (Å²) in [7, 11) is 1.80. The minimum atomic E-state index is -0.156. The SMILES string of the molecule is CC(C)=C[C@@H]1[C@H](C(=O)OCc2ncc(Cl)n2C)C1(C)C. The Hall–Kier alpha value is -1.29. The molecule has 1 heterocycles. The molecule has 0 amide bonds. The summed E-state index contributed by atoms with van der Waals surface area (Å²) in [4.78, 5) is 16.3. The number of nitrogens with zero attached hydrogens (tertiary/aromatic N) is 2. The van der Waals surface area contributed by atoms with Crippen molar-refractivity contribution < 1.29 is 9.53 Å². The number of esters is 1. The Kier molecular flexibility index (Phi) is 3.96. The fourth-order valence-electron chi connectivity index (χ4n) is 2.58. The quantitative estimate of drug-likeness (QED) is 0.632. The van der Waals surface area contributed by atoms with Crippen LogP contribution in [0.15, 0.2) is 17.8 Å². The molecule has 0 aliphatic heterocycles. The number of carbonyl (C=O) groups excluding carboxylic acids is 1. The molecule has 1 aliphatic carbocycles. The highest BCUT2D eigenvalue weighted by Crippen LogP contribution is 2.59. The molecule has 0 saturated heterocycles. The first kappa shape index (κ1) is 15.1. The first-order chi connectivity index (χ1) is 9.25. The predicted molar refractivity (Wildman–Crippen MR) is 78.2 cm³/mol. The van der Waals surface area contributed by atoms with Crippen molar-refractivity contribution in [2.75, 3.05) is 0 Å². The van der Waals surface area contributed by atoms with Crippen molar-refractivity contribution in [2.45, 2.75) is 34.3 Å². The molecular weight excluding hydrogens is 276 g/mol. The van der Waals surface area contributed by atoms with Crippen LogP contribution >= 0.6 is 11.6 Å². The molecule has 2 atom stereocenters. The monoisotopic (exact) mass is 296 g/mol. The van der Waals surface area contributed by atoms with Gasteiger partial charge < -0.3 is 9.30 Å². The van der Waals surface area contributed by atoms with E-state index in [0.29, 0.717) is 11.0 Å². The maximum absolute atomic E-state index is 12.2. The van der Waals surface area contributed by atoms with Crippen LogP contribution in [0.1, 0.15) is 33.5 Å². The molecule has 0 aromatic carbocycles. The van der Waals surface area contributed by atoms with Gasteiger partial charge in [0.05, 0.1) is 12.1 Å². The van der Waals surface area contributed by atoms with Crippen molar-refractivity contribution >= 4 is 17.6 Å². The molecule has 4 nitrogen and oxygen atoms in total. The van der Waals surface area contributed by atoms with Gasteiger partial charge in [0.2, 0.25) is 0 Å². The number of hydrogen-bond acceptors (Lipinski definition) is 3. The summed E-state index contributed by atoms with van der Waals surface area (Å²) in [6.45, 7) is 8.46. The van der Waals surface area contributed by atoms with E-state index in [-0.39, 0.29) is 29.8 Å². The second-order valence-electron chi connectivity index (χ2n) is 6.23. The van der Waals surface area contributed by atoms with E-state index < -0.39 is 0 Å². The maximum Gasteiger partial charge on any atom is 0.310 e. The minimum absolute atomic E-state index is 0.0202. The van der Waals surface area contributed by atoms with E-state index in [4.69, 9.17) is 16.3 Å². The van der Waals surface area contributed by atoms with Gasteiger partial charge in [-0.3, -0.25) is 4.79 Å². The van der Waals surface area contributed by atoms with Crippen molar-refractivity contribution in [1.82, 2.24) is 9.55 Å². The Labute approximate surface area is 124 Å². The zero-order valence-corrected chi connectivity index (χ0v) is 13.4. The van der Waals surface area contributed by atoms with Gasteiger partial charge in [0, 0.05) is 7.05 Å². The summed E-state index contributed by atoms with van der Waals surface area (Å²) < 4.78 is 7.09. The highest BCUT2D eigenvalue weighted by Gasteiger charge is 2.61. The number of halogens is 1. The van der Waals surface area contributed by atoms with Gasteiger partial charge in [-0.25, -0.2) is 4.98 Å². The summed E-state index contributed by atoms with van der Waals surface area (Å²) in [5.41, 5.74) is 1.21. The minimum Gasteiger partial charge on any atom is -0.457 e. The van der Waals surface area contributed by atoms with Crippen LogP contribution in [0.5, 0.6) is 0 Å². The first-order valence-corrected chi connectivity index (χ1v) is 7.10. The van der Waals surface area contributed by atoms with E-state index in [9.17, 15) is 4.79 Å². The smallest absolute Gasteiger partial charge is 0.310 e. The van der Waals surface area contributed by atoms with E-state index in [1.165, 1.54) is 5.57 Å². The Morgan fingerprint density at radius 3 is 2.70 bits per heavy atom. The van der Waals surface area contributed by atoms with Gasteiger partial charge in [0.25, 0.3) is 0 Å². The highest BCUT2D eigenvalue weighted by atomic mass is 35.5. The van der Waals surface area contributed by atoms with Crippen LogP contribution in [-0.2, 0) is 23.2 Å². The van der Waals surface area contributed by atoms with Gasteiger partial charge in [-0.1, -0.05) is 37.1 Å². The van der Waals surface area contributed by atoms with Crippen LogP contribution in [0.25, 0.3) is 0 Å². The lowest BCUT2D eigenvalue weighted by Gasteiger charge is -2.06. The van der Waals surface area contributed by atoms with Gasteiger partial charge in [0.1, 0.15) is 17.6 Å². The molecule has 0 unspecified atom stereocenters. The molecule has 1 aromatic heterocycles. The number of allylic oxidation sites excluding steroid dienone is 2. The van der Waals surface area contributed by atoms with E-state index in [1.54, 1.807) is 17.8 Å². The van der Waals surface area contributed by atoms with E-state index in [2.05, 4.69) is 24.9 Å². The third kappa shape index (κ3) is 2.75. The first-order valence-electron chi connectivity index (χ1n) is 6.73. The Bertz CT molecular complexity index is 556. The van der Waals surface area contributed by atoms with Gasteiger partial charge in [-0.05, 0) is 25.2 Å². The normalized spacial score (nSPS) is 23.3. The number of hydrogen-bond donors (Lipinski definition) is 0. The molecule has 0 spiro atoms. The fraction of sp³-hybridized carbons (Fsp3) is 0.600. The summed E-state index contributed by atoms with van der Waals surface area (Å²) >= 11 is 5.90. The van der Waals surface area contributed by atoms with Gasteiger partial charge in [0.15, 0.2) is 0 Å². The second-order valence-corrected chi connectivity index (χ2v) is 6.62. The van der Waals surface area contributed by atoms with Crippen molar-refractivity contribution in [1.29, 1.82) is 0 Å². The Balaban J connectivity index is 1.97. The lowest BCUT2D eigenvalue weighted by atomic mass is 10.1. The van der Waals surface area contributed by atoms with Crippen molar-refractivity contribution in [2.24, 2.45) is 24.3 Å². The van der Waals surface area contributed by atoms with Crippen molar-refractivity contribution in [3.05, 3.63) is 28.8 Å². The Morgan fingerprint density at radius 2 is 2.20 bits per heavy atom. The summed E-state index contributed by atoms with van der Waals surface area (Å²) in [5.74, 6) is 0.704. The highest BCUT2D eigenvalue weighted by molar-refractivity contribution is 6.29. The van der Waals surface area contributed by atoms with Crippen molar-refractivity contribution in [3.63, 3.8) is 0 Å². The average molecular weight is 297 g/mol. The Morgan fingerprint density at radius 1 is 1.55 bits per heavy atom. The number of rotatable bonds is 4. The van der Waals surface area contributed by atoms with Crippen LogP contribution in [-0.4, -0.2) is 15.5 Å². The van der Waals surface area contributed by atoms with E-state index in [1.807, 2.05) is 13.8 Å². The summed E-state index contributed by atoms with van der Waals surface area (Å²) in [5, 5.41) is 0.533. The summed E-state index contributed by atoms with van der Waals surface area (Å²) in [6.07, 6.45) is 3.71. The zero-order chi connectivity index (χ0) is 15.1. The van der Waals surface area contributed by atoms with Crippen LogP contribution in [0.3, 0.4) is 0 Å². The lowest BCUT2D eigenvalue weighted by Crippen LogP contribution is -2.12. The third-order valence-electron chi connectivity index (χ3n) is 4.05. The topological polar surface area (TPSA) is 44.1 Å². The standard InChI is InChI=1S/C15H21ClN2O2/c1-9(2)6-10-13(15(10,3)4)14(19)20-8-12-17-7-11(16)18(12)5/h6-7,10,13H,8H2,1-5H3/t10-,13-/m1/s1. The molecular formula is C15H21ClN2O2. The molecule has 5 heteroatoms.